The van der Waals surface area contributed by atoms with E-state index in [1.807, 2.05) is 17.0 Å². The number of benzene rings is 1. The first kappa shape index (κ1) is 18.4. The fourth-order valence-electron chi connectivity index (χ4n) is 4.41. The number of hydrogen-bond acceptors (Lipinski definition) is 4. The first-order valence-electron chi connectivity index (χ1n) is 9.68. The second kappa shape index (κ2) is 7.24. The van der Waals surface area contributed by atoms with Crippen LogP contribution in [0.15, 0.2) is 24.3 Å². The van der Waals surface area contributed by atoms with Gasteiger partial charge >= 0.3 is 0 Å². The first-order valence-corrected chi connectivity index (χ1v) is 11.5. The van der Waals surface area contributed by atoms with Gasteiger partial charge in [-0.25, -0.2) is 8.42 Å². The molecule has 4 rings (SSSR count). The molecule has 0 aliphatic carbocycles. The standard InChI is InChI=1S/C19H25N3O4S/c23-18-2-1-8-22(18)16-5-3-15(4-6-16)19(24)21-11-9-20(10-12-21)17-7-13-27(25,26)14-17/h3-6,17H,1-2,7-14H2/p+1/t17-/m1/s1. The van der Waals surface area contributed by atoms with Crippen LogP contribution in [0.1, 0.15) is 29.6 Å². The van der Waals surface area contributed by atoms with Crippen LogP contribution >= 0.6 is 0 Å². The molecule has 146 valence electrons. The number of carbonyl (C=O) groups excluding carboxylic acids is 2. The summed E-state index contributed by atoms with van der Waals surface area (Å²) in [6.45, 7) is 3.64. The number of rotatable bonds is 3. The van der Waals surface area contributed by atoms with Crippen molar-refractivity contribution in [2.45, 2.75) is 25.3 Å². The van der Waals surface area contributed by atoms with Gasteiger partial charge in [-0.15, -0.1) is 0 Å². The van der Waals surface area contributed by atoms with E-state index >= 15 is 0 Å². The minimum atomic E-state index is -2.86. The van der Waals surface area contributed by atoms with Gasteiger partial charge in [-0.1, -0.05) is 0 Å². The van der Waals surface area contributed by atoms with Gasteiger partial charge in [0, 0.05) is 30.6 Å². The van der Waals surface area contributed by atoms with Crippen molar-refractivity contribution in [2.75, 3.05) is 49.1 Å². The smallest absolute Gasteiger partial charge is 0.254 e. The Balaban J connectivity index is 1.34. The van der Waals surface area contributed by atoms with Gasteiger partial charge in [0.1, 0.15) is 11.8 Å². The molecular weight excluding hydrogens is 366 g/mol. The summed E-state index contributed by atoms with van der Waals surface area (Å²) in [6.07, 6.45) is 2.21. The van der Waals surface area contributed by atoms with Crippen molar-refractivity contribution in [1.82, 2.24) is 4.90 Å². The molecule has 3 heterocycles. The highest BCUT2D eigenvalue weighted by molar-refractivity contribution is 7.91. The predicted octanol–water partition coefficient (Wildman–Crippen LogP) is -0.659. The number of hydrogen-bond donors (Lipinski definition) is 1. The maximum Gasteiger partial charge on any atom is 0.254 e. The number of sulfone groups is 1. The van der Waals surface area contributed by atoms with Crippen molar-refractivity contribution in [1.29, 1.82) is 0 Å². The normalized spacial score (nSPS) is 25.9. The van der Waals surface area contributed by atoms with E-state index in [0.717, 1.165) is 38.2 Å². The summed E-state index contributed by atoms with van der Waals surface area (Å²) in [5.74, 6) is 0.734. The Bertz CT molecular complexity index is 829. The average Bonchev–Trinajstić information content (AvgIpc) is 3.26. The number of quaternary nitrogens is 1. The fourth-order valence-corrected chi connectivity index (χ4v) is 6.24. The zero-order valence-electron chi connectivity index (χ0n) is 15.4. The summed E-state index contributed by atoms with van der Waals surface area (Å²) >= 11 is 0. The van der Waals surface area contributed by atoms with Gasteiger partial charge in [0.05, 0.1) is 31.9 Å². The highest BCUT2D eigenvalue weighted by Crippen LogP contribution is 2.22. The van der Waals surface area contributed by atoms with Gasteiger partial charge in [0.15, 0.2) is 9.84 Å². The third-order valence-electron chi connectivity index (χ3n) is 6.00. The molecule has 0 saturated carbocycles. The Morgan fingerprint density at radius 3 is 2.33 bits per heavy atom. The Hall–Kier alpha value is -1.93. The van der Waals surface area contributed by atoms with Crippen LogP contribution < -0.4 is 9.80 Å². The maximum absolute atomic E-state index is 12.8. The highest BCUT2D eigenvalue weighted by atomic mass is 32.2. The third kappa shape index (κ3) is 3.87. The number of nitrogens with zero attached hydrogens (tertiary/aromatic N) is 2. The van der Waals surface area contributed by atoms with E-state index in [0.29, 0.717) is 30.8 Å². The topological polar surface area (TPSA) is 79.2 Å². The minimum absolute atomic E-state index is 0.00684. The van der Waals surface area contributed by atoms with Crippen molar-refractivity contribution >= 4 is 27.3 Å². The predicted molar refractivity (Wildman–Crippen MR) is 102 cm³/mol. The third-order valence-corrected chi connectivity index (χ3v) is 7.77. The van der Waals surface area contributed by atoms with Crippen LogP contribution in [0, 0.1) is 0 Å². The lowest BCUT2D eigenvalue weighted by Crippen LogP contribution is -3.18. The van der Waals surface area contributed by atoms with E-state index in [4.69, 9.17) is 0 Å². The summed E-state index contributed by atoms with van der Waals surface area (Å²) in [5.41, 5.74) is 1.49. The molecule has 1 N–H and O–H groups in total. The lowest BCUT2D eigenvalue weighted by Gasteiger charge is -2.35. The first-order chi connectivity index (χ1) is 12.9. The molecule has 1 atom stereocenters. The molecule has 8 heteroatoms. The number of piperazine rings is 1. The van der Waals surface area contributed by atoms with Crippen molar-refractivity contribution < 1.29 is 22.9 Å². The van der Waals surface area contributed by atoms with Crippen LogP contribution in [0.5, 0.6) is 0 Å². The zero-order valence-corrected chi connectivity index (χ0v) is 16.2. The second-order valence-corrected chi connectivity index (χ2v) is 9.97. The summed E-state index contributed by atoms with van der Waals surface area (Å²) in [7, 11) is -2.86. The monoisotopic (exact) mass is 392 g/mol. The minimum Gasteiger partial charge on any atom is -0.329 e. The van der Waals surface area contributed by atoms with Gasteiger partial charge in [-0.2, -0.15) is 0 Å². The van der Waals surface area contributed by atoms with E-state index in [9.17, 15) is 18.0 Å². The molecule has 0 spiro atoms. The van der Waals surface area contributed by atoms with Gasteiger partial charge in [-0.3, -0.25) is 9.59 Å². The van der Waals surface area contributed by atoms with Crippen molar-refractivity contribution in [2.24, 2.45) is 0 Å². The Labute approximate surface area is 159 Å². The van der Waals surface area contributed by atoms with Crippen LogP contribution in [-0.4, -0.2) is 75.4 Å². The molecule has 1 aromatic carbocycles. The van der Waals surface area contributed by atoms with Crippen LogP contribution in [0.4, 0.5) is 5.69 Å². The van der Waals surface area contributed by atoms with E-state index in [1.54, 1.807) is 17.0 Å². The van der Waals surface area contributed by atoms with E-state index < -0.39 is 9.84 Å². The molecule has 3 fully saturated rings. The molecule has 3 saturated heterocycles. The molecule has 0 aromatic heterocycles. The molecule has 0 unspecified atom stereocenters. The lowest BCUT2D eigenvalue weighted by molar-refractivity contribution is -0.925. The number of anilines is 1. The van der Waals surface area contributed by atoms with Crippen LogP contribution in [-0.2, 0) is 14.6 Å². The SMILES string of the molecule is O=C(c1ccc(N2CCCC2=O)cc1)N1CC[NH+]([C@@H]2CCS(=O)(=O)C2)CC1. The van der Waals surface area contributed by atoms with Gasteiger partial charge in [-0.05, 0) is 30.7 Å². The Morgan fingerprint density at radius 2 is 1.78 bits per heavy atom. The summed E-state index contributed by atoms with van der Waals surface area (Å²) in [5, 5.41) is 0. The largest absolute Gasteiger partial charge is 0.329 e. The molecule has 27 heavy (non-hydrogen) atoms. The summed E-state index contributed by atoms with van der Waals surface area (Å²) in [6, 6.07) is 7.48. The van der Waals surface area contributed by atoms with Gasteiger partial charge < -0.3 is 14.7 Å². The Kier molecular flexibility index (Phi) is 4.94. The summed E-state index contributed by atoms with van der Waals surface area (Å²) < 4.78 is 23.4. The van der Waals surface area contributed by atoms with E-state index in [1.165, 1.54) is 4.90 Å². The van der Waals surface area contributed by atoms with E-state index in [2.05, 4.69) is 0 Å². The van der Waals surface area contributed by atoms with Crippen molar-refractivity contribution in [3.05, 3.63) is 29.8 Å². The fraction of sp³-hybridized carbons (Fsp3) is 0.579. The molecule has 1 aromatic rings. The molecule has 0 bridgehead atoms. The number of amides is 2. The quantitative estimate of drug-likeness (QED) is 0.741. The molecule has 7 nitrogen and oxygen atoms in total. The maximum atomic E-state index is 12.8. The summed E-state index contributed by atoms with van der Waals surface area (Å²) in [4.78, 5) is 29.5. The molecule has 3 aliphatic rings. The van der Waals surface area contributed by atoms with Crippen LogP contribution in [0.3, 0.4) is 0 Å². The van der Waals surface area contributed by atoms with Crippen LogP contribution in [0.2, 0.25) is 0 Å². The molecule has 0 radical (unpaired) electrons. The molecule has 3 aliphatic heterocycles. The highest BCUT2D eigenvalue weighted by Gasteiger charge is 2.37. The zero-order chi connectivity index (χ0) is 19.0. The molecule has 2 amide bonds. The average molecular weight is 393 g/mol. The van der Waals surface area contributed by atoms with Gasteiger partial charge in [0.25, 0.3) is 5.91 Å². The van der Waals surface area contributed by atoms with Crippen LogP contribution in [0.25, 0.3) is 0 Å². The van der Waals surface area contributed by atoms with Crippen molar-refractivity contribution in [3.63, 3.8) is 0 Å². The van der Waals surface area contributed by atoms with Gasteiger partial charge in [0.2, 0.25) is 5.91 Å². The number of carbonyl (C=O) groups is 2. The van der Waals surface area contributed by atoms with E-state index in [-0.39, 0.29) is 23.6 Å². The Morgan fingerprint density at radius 1 is 1.07 bits per heavy atom. The molecular formula is C19H26N3O4S+. The lowest BCUT2D eigenvalue weighted by atomic mass is 10.1. The second-order valence-electron chi connectivity index (χ2n) is 7.75. The van der Waals surface area contributed by atoms with Crippen molar-refractivity contribution in [3.8, 4) is 0 Å². The number of nitrogens with one attached hydrogen (secondary N) is 1.